The highest BCUT2D eigenvalue weighted by Crippen LogP contribution is 2.23. The summed E-state index contributed by atoms with van der Waals surface area (Å²) in [7, 11) is -0.000923. The molecule has 1 rings (SSSR count). The fraction of sp³-hybridized carbons (Fsp3) is 0.438. The SMILES string of the molecule is COC(=O)c1cccc(C(C)(C)C#C[Si](C)(C)C)c1. The van der Waals surface area contributed by atoms with Crippen LogP contribution in [0.1, 0.15) is 29.8 Å². The van der Waals surface area contributed by atoms with Crippen LogP contribution in [0.2, 0.25) is 19.6 Å². The molecule has 0 fully saturated rings. The molecule has 0 spiro atoms. The van der Waals surface area contributed by atoms with Gasteiger partial charge in [0.05, 0.1) is 18.1 Å². The van der Waals surface area contributed by atoms with E-state index in [2.05, 4.69) is 45.0 Å². The van der Waals surface area contributed by atoms with Gasteiger partial charge in [0.15, 0.2) is 0 Å². The van der Waals surface area contributed by atoms with E-state index >= 15 is 0 Å². The van der Waals surface area contributed by atoms with Gasteiger partial charge in [-0.2, -0.15) is 0 Å². The molecule has 0 saturated carbocycles. The number of methoxy groups -OCH3 is 1. The number of carbonyl (C=O) groups excluding carboxylic acids is 1. The van der Waals surface area contributed by atoms with Crippen molar-refractivity contribution in [1.82, 2.24) is 0 Å². The molecular formula is C16H22O2Si. The lowest BCUT2D eigenvalue weighted by Crippen LogP contribution is -2.21. The number of rotatable bonds is 2. The van der Waals surface area contributed by atoms with Gasteiger partial charge in [-0.25, -0.2) is 4.79 Å². The summed E-state index contributed by atoms with van der Waals surface area (Å²) in [5.41, 5.74) is 4.75. The van der Waals surface area contributed by atoms with Crippen molar-refractivity contribution in [1.29, 1.82) is 0 Å². The third-order valence-corrected chi connectivity index (χ3v) is 3.63. The Balaban J connectivity index is 3.14. The first-order valence-corrected chi connectivity index (χ1v) is 9.89. The second-order valence-electron chi connectivity index (χ2n) is 6.20. The lowest BCUT2D eigenvalue weighted by molar-refractivity contribution is 0.0600. The van der Waals surface area contributed by atoms with Crippen LogP contribution in [0.15, 0.2) is 24.3 Å². The fourth-order valence-electron chi connectivity index (χ4n) is 1.57. The molecule has 0 aliphatic heterocycles. The molecule has 0 saturated heterocycles. The zero-order valence-corrected chi connectivity index (χ0v) is 13.6. The second kappa shape index (κ2) is 5.62. The minimum absolute atomic E-state index is 0.260. The van der Waals surface area contributed by atoms with E-state index in [0.29, 0.717) is 5.56 Å². The van der Waals surface area contributed by atoms with E-state index in [4.69, 9.17) is 4.74 Å². The Labute approximate surface area is 117 Å². The summed E-state index contributed by atoms with van der Waals surface area (Å²) in [6.45, 7) is 10.8. The van der Waals surface area contributed by atoms with Gasteiger partial charge in [0.2, 0.25) is 0 Å². The third kappa shape index (κ3) is 4.57. The number of hydrogen-bond acceptors (Lipinski definition) is 2. The van der Waals surface area contributed by atoms with Gasteiger partial charge in [0.25, 0.3) is 0 Å². The molecule has 0 bridgehead atoms. The first-order chi connectivity index (χ1) is 8.65. The minimum Gasteiger partial charge on any atom is -0.465 e. The average molecular weight is 274 g/mol. The normalized spacial score (nSPS) is 11.5. The Morgan fingerprint density at radius 1 is 1.26 bits per heavy atom. The molecular weight excluding hydrogens is 252 g/mol. The van der Waals surface area contributed by atoms with Crippen molar-refractivity contribution in [3.8, 4) is 11.5 Å². The lowest BCUT2D eigenvalue weighted by atomic mass is 9.85. The van der Waals surface area contributed by atoms with Crippen LogP contribution < -0.4 is 0 Å². The van der Waals surface area contributed by atoms with Gasteiger partial charge in [-0.15, -0.1) is 5.54 Å². The molecule has 19 heavy (non-hydrogen) atoms. The number of carbonyl (C=O) groups is 1. The molecule has 0 N–H and O–H groups in total. The summed E-state index contributed by atoms with van der Waals surface area (Å²) >= 11 is 0. The molecule has 1 aromatic carbocycles. The van der Waals surface area contributed by atoms with Crippen LogP contribution >= 0.6 is 0 Å². The van der Waals surface area contributed by atoms with Crippen LogP contribution in [0.25, 0.3) is 0 Å². The molecule has 0 aromatic heterocycles. The van der Waals surface area contributed by atoms with Crippen molar-refractivity contribution >= 4 is 14.0 Å². The molecule has 0 heterocycles. The Kier molecular flexibility index (Phi) is 4.59. The van der Waals surface area contributed by atoms with Gasteiger partial charge >= 0.3 is 5.97 Å². The number of hydrogen-bond donors (Lipinski definition) is 0. The van der Waals surface area contributed by atoms with Crippen LogP contribution in [0.5, 0.6) is 0 Å². The maximum Gasteiger partial charge on any atom is 0.337 e. The summed E-state index contributed by atoms with van der Waals surface area (Å²) in [6.07, 6.45) is 0. The van der Waals surface area contributed by atoms with Crippen molar-refractivity contribution in [2.45, 2.75) is 38.9 Å². The van der Waals surface area contributed by atoms with E-state index < -0.39 is 8.07 Å². The van der Waals surface area contributed by atoms with E-state index in [1.165, 1.54) is 7.11 Å². The monoisotopic (exact) mass is 274 g/mol. The largest absolute Gasteiger partial charge is 0.465 e. The molecule has 0 radical (unpaired) electrons. The second-order valence-corrected chi connectivity index (χ2v) is 10.9. The smallest absolute Gasteiger partial charge is 0.337 e. The minimum atomic E-state index is -1.39. The van der Waals surface area contributed by atoms with Gasteiger partial charge in [0, 0.05) is 0 Å². The number of ether oxygens (including phenoxy) is 1. The van der Waals surface area contributed by atoms with Crippen molar-refractivity contribution in [3.05, 3.63) is 35.4 Å². The highest BCUT2D eigenvalue weighted by molar-refractivity contribution is 6.83. The maximum atomic E-state index is 11.6. The van der Waals surface area contributed by atoms with Crippen LogP contribution in [-0.4, -0.2) is 21.2 Å². The first-order valence-electron chi connectivity index (χ1n) is 6.39. The Hall–Kier alpha value is -1.53. The zero-order chi connectivity index (χ0) is 14.7. The molecule has 102 valence electrons. The van der Waals surface area contributed by atoms with E-state index in [1.807, 2.05) is 18.2 Å². The summed E-state index contributed by atoms with van der Waals surface area (Å²) in [6, 6.07) is 7.51. The van der Waals surface area contributed by atoms with Crippen LogP contribution in [0, 0.1) is 11.5 Å². The summed E-state index contributed by atoms with van der Waals surface area (Å²) in [4.78, 5) is 11.6. The number of esters is 1. The number of benzene rings is 1. The predicted octanol–water partition coefficient (Wildman–Crippen LogP) is 3.63. The van der Waals surface area contributed by atoms with Crippen molar-refractivity contribution in [2.75, 3.05) is 7.11 Å². The van der Waals surface area contributed by atoms with E-state index in [9.17, 15) is 4.79 Å². The highest BCUT2D eigenvalue weighted by Gasteiger charge is 2.20. The maximum absolute atomic E-state index is 11.6. The molecule has 1 aromatic rings. The lowest BCUT2D eigenvalue weighted by Gasteiger charge is -2.20. The Morgan fingerprint density at radius 2 is 1.89 bits per heavy atom. The standard InChI is InChI=1S/C16H22O2Si/c1-16(2,10-11-19(4,5)6)14-9-7-8-13(12-14)15(17)18-3/h7-9,12H,1-6H3. The van der Waals surface area contributed by atoms with Gasteiger partial charge < -0.3 is 4.74 Å². The topological polar surface area (TPSA) is 26.3 Å². The van der Waals surface area contributed by atoms with E-state index in [-0.39, 0.29) is 11.4 Å². The van der Waals surface area contributed by atoms with Gasteiger partial charge in [-0.3, -0.25) is 0 Å². The highest BCUT2D eigenvalue weighted by atomic mass is 28.3. The van der Waals surface area contributed by atoms with Crippen LogP contribution in [-0.2, 0) is 10.2 Å². The third-order valence-electron chi connectivity index (χ3n) is 2.76. The molecule has 2 nitrogen and oxygen atoms in total. The van der Waals surface area contributed by atoms with E-state index in [1.54, 1.807) is 6.07 Å². The summed E-state index contributed by atoms with van der Waals surface area (Å²) < 4.78 is 4.75. The summed E-state index contributed by atoms with van der Waals surface area (Å²) in [5, 5.41) is 0. The Bertz CT molecular complexity index is 528. The van der Waals surface area contributed by atoms with Crippen molar-refractivity contribution in [2.24, 2.45) is 0 Å². The van der Waals surface area contributed by atoms with Crippen molar-refractivity contribution < 1.29 is 9.53 Å². The summed E-state index contributed by atoms with van der Waals surface area (Å²) in [5.74, 6) is 3.05. The van der Waals surface area contributed by atoms with Crippen LogP contribution in [0.3, 0.4) is 0 Å². The van der Waals surface area contributed by atoms with E-state index in [0.717, 1.165) is 5.56 Å². The zero-order valence-electron chi connectivity index (χ0n) is 12.6. The molecule has 0 unspecified atom stereocenters. The van der Waals surface area contributed by atoms with Gasteiger partial charge in [-0.1, -0.05) is 37.7 Å². The van der Waals surface area contributed by atoms with Crippen molar-refractivity contribution in [3.63, 3.8) is 0 Å². The first kappa shape index (κ1) is 15.5. The average Bonchev–Trinajstić information content (AvgIpc) is 2.35. The molecule has 0 amide bonds. The molecule has 0 aliphatic rings. The molecule has 0 aliphatic carbocycles. The fourth-order valence-corrected chi connectivity index (χ4v) is 2.26. The molecule has 3 heteroatoms. The molecule has 0 atom stereocenters. The van der Waals surface area contributed by atoms with Gasteiger partial charge in [-0.05, 0) is 31.5 Å². The van der Waals surface area contributed by atoms with Gasteiger partial charge in [0.1, 0.15) is 8.07 Å². The Morgan fingerprint density at radius 3 is 2.42 bits per heavy atom. The van der Waals surface area contributed by atoms with Crippen LogP contribution in [0.4, 0.5) is 0 Å². The predicted molar refractivity (Wildman–Crippen MR) is 81.9 cm³/mol. The quantitative estimate of drug-likeness (QED) is 0.467.